The smallest absolute Gasteiger partial charge is 0.220 e. The maximum absolute atomic E-state index is 11.7. The molecule has 1 amide bonds. The van der Waals surface area contributed by atoms with Crippen molar-refractivity contribution in [1.29, 1.82) is 0 Å². The highest BCUT2D eigenvalue weighted by atomic mass is 16.5. The highest BCUT2D eigenvalue weighted by Gasteiger charge is 2.17. The summed E-state index contributed by atoms with van der Waals surface area (Å²) in [5, 5.41) is 3.00. The summed E-state index contributed by atoms with van der Waals surface area (Å²) in [6.07, 6.45) is 11.1. The quantitative estimate of drug-likeness (QED) is 0.801. The molecule has 1 atom stereocenters. The lowest BCUT2D eigenvalue weighted by Crippen LogP contribution is -2.31. The van der Waals surface area contributed by atoms with Crippen LogP contribution >= 0.6 is 0 Å². The van der Waals surface area contributed by atoms with E-state index < -0.39 is 0 Å². The molecule has 1 heterocycles. The monoisotopic (exact) mass is 239 g/mol. The van der Waals surface area contributed by atoms with Crippen LogP contribution in [0.2, 0.25) is 0 Å². The molecule has 1 aliphatic heterocycles. The van der Waals surface area contributed by atoms with Crippen LogP contribution in [0.4, 0.5) is 0 Å². The Hall–Kier alpha value is -0.570. The Morgan fingerprint density at radius 3 is 2.65 bits per heavy atom. The predicted octanol–water partition coefficient (Wildman–Crippen LogP) is 2.64. The standard InChI is InChI=1S/C14H25NO2/c16-14(15-11-13-7-4-10-17-13)9-8-12-5-2-1-3-6-12/h12-13H,1-11H2,(H,15,16)/t13-/m0/s1. The van der Waals surface area contributed by atoms with Gasteiger partial charge in [0.05, 0.1) is 6.10 Å². The minimum atomic E-state index is 0.214. The van der Waals surface area contributed by atoms with Crippen molar-refractivity contribution in [1.82, 2.24) is 5.32 Å². The summed E-state index contributed by atoms with van der Waals surface area (Å²) in [5.41, 5.74) is 0. The lowest BCUT2D eigenvalue weighted by molar-refractivity contribution is -0.121. The second kappa shape index (κ2) is 7.00. The lowest BCUT2D eigenvalue weighted by atomic mass is 9.86. The Kier molecular flexibility index (Phi) is 5.30. The van der Waals surface area contributed by atoms with Gasteiger partial charge < -0.3 is 10.1 Å². The Balaban J connectivity index is 1.53. The van der Waals surface area contributed by atoms with E-state index in [1.165, 1.54) is 32.1 Å². The van der Waals surface area contributed by atoms with Crippen LogP contribution in [0.25, 0.3) is 0 Å². The van der Waals surface area contributed by atoms with Crippen LogP contribution in [0.15, 0.2) is 0 Å². The third kappa shape index (κ3) is 4.66. The fourth-order valence-electron chi connectivity index (χ4n) is 2.93. The Morgan fingerprint density at radius 1 is 1.12 bits per heavy atom. The second-order valence-corrected chi connectivity index (χ2v) is 5.48. The van der Waals surface area contributed by atoms with Gasteiger partial charge in [0.25, 0.3) is 0 Å². The highest BCUT2D eigenvalue weighted by Crippen LogP contribution is 2.27. The van der Waals surface area contributed by atoms with E-state index in [9.17, 15) is 4.79 Å². The number of carbonyl (C=O) groups is 1. The molecular weight excluding hydrogens is 214 g/mol. The molecule has 3 nitrogen and oxygen atoms in total. The van der Waals surface area contributed by atoms with Crippen molar-refractivity contribution in [2.24, 2.45) is 5.92 Å². The SMILES string of the molecule is O=C(CCC1CCCCC1)NC[C@@H]1CCCO1. The zero-order chi connectivity index (χ0) is 11.9. The van der Waals surface area contributed by atoms with Crippen molar-refractivity contribution >= 4 is 5.91 Å². The van der Waals surface area contributed by atoms with Crippen LogP contribution in [0.5, 0.6) is 0 Å². The summed E-state index contributed by atoms with van der Waals surface area (Å²) < 4.78 is 5.48. The highest BCUT2D eigenvalue weighted by molar-refractivity contribution is 5.75. The minimum absolute atomic E-state index is 0.214. The molecule has 0 aromatic heterocycles. The van der Waals surface area contributed by atoms with Crippen LogP contribution in [0, 0.1) is 5.92 Å². The van der Waals surface area contributed by atoms with Gasteiger partial charge in [0, 0.05) is 19.6 Å². The van der Waals surface area contributed by atoms with E-state index in [4.69, 9.17) is 4.74 Å². The number of hydrogen-bond donors (Lipinski definition) is 1. The third-order valence-electron chi connectivity index (χ3n) is 4.06. The van der Waals surface area contributed by atoms with E-state index in [-0.39, 0.29) is 12.0 Å². The molecule has 2 rings (SSSR count). The van der Waals surface area contributed by atoms with E-state index in [0.29, 0.717) is 13.0 Å². The van der Waals surface area contributed by atoms with E-state index in [0.717, 1.165) is 31.8 Å². The molecule has 0 aromatic rings. The van der Waals surface area contributed by atoms with Crippen molar-refractivity contribution in [3.63, 3.8) is 0 Å². The van der Waals surface area contributed by atoms with Crippen molar-refractivity contribution in [2.75, 3.05) is 13.2 Å². The van der Waals surface area contributed by atoms with Gasteiger partial charge in [0.2, 0.25) is 5.91 Å². The van der Waals surface area contributed by atoms with Gasteiger partial charge in [0.1, 0.15) is 0 Å². The summed E-state index contributed by atoms with van der Waals surface area (Å²) in [5.74, 6) is 1.02. The van der Waals surface area contributed by atoms with Crippen LogP contribution in [0.3, 0.4) is 0 Å². The molecule has 3 heteroatoms. The first-order chi connectivity index (χ1) is 8.34. The normalized spacial score (nSPS) is 26.0. The van der Waals surface area contributed by atoms with Crippen molar-refractivity contribution in [3.8, 4) is 0 Å². The number of ether oxygens (including phenoxy) is 1. The van der Waals surface area contributed by atoms with E-state index >= 15 is 0 Å². The van der Waals surface area contributed by atoms with Crippen LogP contribution in [0.1, 0.15) is 57.8 Å². The maximum atomic E-state index is 11.7. The molecule has 1 aliphatic carbocycles. The molecule has 0 unspecified atom stereocenters. The fourth-order valence-corrected chi connectivity index (χ4v) is 2.93. The predicted molar refractivity (Wildman–Crippen MR) is 67.8 cm³/mol. The van der Waals surface area contributed by atoms with E-state index in [1.54, 1.807) is 0 Å². The zero-order valence-corrected chi connectivity index (χ0v) is 10.7. The zero-order valence-electron chi connectivity index (χ0n) is 10.7. The molecule has 0 aromatic carbocycles. The van der Waals surface area contributed by atoms with Gasteiger partial charge in [-0.3, -0.25) is 4.79 Å². The molecular formula is C14H25NO2. The summed E-state index contributed by atoms with van der Waals surface area (Å²) in [7, 11) is 0. The molecule has 1 N–H and O–H groups in total. The van der Waals surface area contributed by atoms with E-state index in [1.807, 2.05) is 0 Å². The molecule has 17 heavy (non-hydrogen) atoms. The number of hydrogen-bond acceptors (Lipinski definition) is 2. The first kappa shape index (κ1) is 12.9. The topological polar surface area (TPSA) is 38.3 Å². The number of rotatable bonds is 5. The van der Waals surface area contributed by atoms with Crippen molar-refractivity contribution < 1.29 is 9.53 Å². The summed E-state index contributed by atoms with van der Waals surface area (Å²) in [4.78, 5) is 11.7. The molecule has 98 valence electrons. The van der Waals surface area contributed by atoms with Gasteiger partial charge in [-0.05, 0) is 25.2 Å². The van der Waals surface area contributed by atoms with Gasteiger partial charge in [-0.2, -0.15) is 0 Å². The average molecular weight is 239 g/mol. The molecule has 2 aliphatic rings. The lowest BCUT2D eigenvalue weighted by Gasteiger charge is -2.21. The Morgan fingerprint density at radius 2 is 1.94 bits per heavy atom. The first-order valence-corrected chi connectivity index (χ1v) is 7.23. The van der Waals surface area contributed by atoms with E-state index in [2.05, 4.69) is 5.32 Å². The molecule has 0 spiro atoms. The van der Waals surface area contributed by atoms with Crippen molar-refractivity contribution in [3.05, 3.63) is 0 Å². The molecule has 1 saturated heterocycles. The molecule has 1 saturated carbocycles. The number of nitrogens with one attached hydrogen (secondary N) is 1. The second-order valence-electron chi connectivity index (χ2n) is 5.48. The van der Waals surface area contributed by atoms with Gasteiger partial charge in [-0.25, -0.2) is 0 Å². The van der Waals surface area contributed by atoms with Crippen LogP contribution in [-0.2, 0) is 9.53 Å². The maximum Gasteiger partial charge on any atom is 0.220 e. The largest absolute Gasteiger partial charge is 0.376 e. The summed E-state index contributed by atoms with van der Waals surface area (Å²) in [6, 6.07) is 0. The van der Waals surface area contributed by atoms with Crippen LogP contribution < -0.4 is 5.32 Å². The van der Waals surface area contributed by atoms with Crippen molar-refractivity contribution in [2.45, 2.75) is 63.9 Å². The van der Waals surface area contributed by atoms with Gasteiger partial charge >= 0.3 is 0 Å². The molecule has 0 radical (unpaired) electrons. The van der Waals surface area contributed by atoms with Gasteiger partial charge in [0.15, 0.2) is 0 Å². The average Bonchev–Trinajstić information content (AvgIpc) is 2.88. The first-order valence-electron chi connectivity index (χ1n) is 7.23. The van der Waals surface area contributed by atoms with Crippen LogP contribution in [-0.4, -0.2) is 25.2 Å². The Labute approximate surface area is 104 Å². The number of carbonyl (C=O) groups excluding carboxylic acids is 1. The Bertz CT molecular complexity index is 230. The fraction of sp³-hybridized carbons (Fsp3) is 0.929. The summed E-state index contributed by atoms with van der Waals surface area (Å²) in [6.45, 7) is 1.58. The van der Waals surface area contributed by atoms with Gasteiger partial charge in [-0.1, -0.05) is 32.1 Å². The minimum Gasteiger partial charge on any atom is -0.376 e. The summed E-state index contributed by atoms with van der Waals surface area (Å²) >= 11 is 0. The molecule has 2 fully saturated rings. The third-order valence-corrected chi connectivity index (χ3v) is 4.06. The molecule has 0 bridgehead atoms. The van der Waals surface area contributed by atoms with Gasteiger partial charge in [-0.15, -0.1) is 0 Å². The number of amides is 1.